The van der Waals surface area contributed by atoms with Gasteiger partial charge < -0.3 is 10.4 Å². The molecule has 0 fully saturated rings. The van der Waals surface area contributed by atoms with Gasteiger partial charge in [0.1, 0.15) is 0 Å². The smallest absolute Gasteiger partial charge is 0.0900 e. The lowest BCUT2D eigenvalue weighted by molar-refractivity contribution is 0.296. The van der Waals surface area contributed by atoms with Gasteiger partial charge in [0.05, 0.1) is 29.1 Å². The molecule has 0 aliphatic rings. The zero-order chi connectivity index (χ0) is 14.4. The fourth-order valence-corrected chi connectivity index (χ4v) is 3.61. The highest BCUT2D eigenvalue weighted by atomic mass is 32.2. The average Bonchev–Trinajstić information content (AvgIpc) is 2.76. The van der Waals surface area contributed by atoms with Gasteiger partial charge in [-0.05, 0) is 26.3 Å². The number of anilines is 1. The maximum atomic E-state index is 8.85. The summed E-state index contributed by atoms with van der Waals surface area (Å²) in [6.07, 6.45) is 4.46. The molecule has 108 valence electrons. The Morgan fingerprint density at radius 3 is 2.95 bits per heavy atom. The molecular weight excluding hydrogens is 290 g/mol. The summed E-state index contributed by atoms with van der Waals surface area (Å²) in [6, 6.07) is 2.01. The van der Waals surface area contributed by atoms with E-state index in [1.807, 2.05) is 26.1 Å². The van der Waals surface area contributed by atoms with Gasteiger partial charge in [0, 0.05) is 28.3 Å². The van der Waals surface area contributed by atoms with Crippen LogP contribution in [0, 0.1) is 13.8 Å². The summed E-state index contributed by atoms with van der Waals surface area (Å²) in [6.45, 7) is 5.08. The number of nitrogens with zero attached hydrogens (tertiary/aromatic N) is 2. The van der Waals surface area contributed by atoms with E-state index >= 15 is 0 Å². The van der Waals surface area contributed by atoms with E-state index in [1.165, 1.54) is 9.77 Å². The number of nitrogens with one attached hydrogen (secondary N) is 1. The van der Waals surface area contributed by atoms with Crippen molar-refractivity contribution in [2.75, 3.05) is 17.7 Å². The molecule has 0 spiro atoms. The minimum absolute atomic E-state index is 0.236. The number of thioether (sulfide) groups is 1. The Hall–Kier alpha value is -1.11. The first kappa shape index (κ1) is 15.3. The van der Waals surface area contributed by atoms with Gasteiger partial charge in [0.15, 0.2) is 0 Å². The molecular formula is C14H19N3OS2. The van der Waals surface area contributed by atoms with Gasteiger partial charge >= 0.3 is 0 Å². The lowest BCUT2D eigenvalue weighted by atomic mass is 10.3. The van der Waals surface area contributed by atoms with Gasteiger partial charge in [-0.3, -0.25) is 4.98 Å². The normalized spacial score (nSPS) is 10.8. The predicted octanol–water partition coefficient (Wildman–Crippen LogP) is 3.24. The number of aromatic nitrogens is 2. The Kier molecular flexibility index (Phi) is 5.82. The molecule has 0 aromatic carbocycles. The fourth-order valence-electron chi connectivity index (χ4n) is 1.80. The number of thiazole rings is 1. The highest BCUT2D eigenvalue weighted by Gasteiger charge is 2.07. The quantitative estimate of drug-likeness (QED) is 0.607. The van der Waals surface area contributed by atoms with E-state index in [4.69, 9.17) is 5.11 Å². The summed E-state index contributed by atoms with van der Waals surface area (Å²) in [5, 5.41) is 13.4. The van der Waals surface area contributed by atoms with Crippen LogP contribution in [-0.2, 0) is 6.54 Å². The number of aliphatic hydroxyl groups excluding tert-OH is 1. The molecule has 2 rings (SSSR count). The molecule has 2 N–H and O–H groups in total. The summed E-state index contributed by atoms with van der Waals surface area (Å²) in [5.41, 5.74) is 2.14. The van der Waals surface area contributed by atoms with Gasteiger partial charge in [0.25, 0.3) is 0 Å². The third-order valence-electron chi connectivity index (χ3n) is 2.78. The molecule has 0 bridgehead atoms. The van der Waals surface area contributed by atoms with Crippen molar-refractivity contribution in [2.45, 2.75) is 31.7 Å². The second kappa shape index (κ2) is 7.61. The third kappa shape index (κ3) is 4.19. The van der Waals surface area contributed by atoms with Crippen LogP contribution >= 0.6 is 23.1 Å². The van der Waals surface area contributed by atoms with E-state index in [-0.39, 0.29) is 6.61 Å². The van der Waals surface area contributed by atoms with Crippen molar-refractivity contribution in [3.8, 4) is 0 Å². The van der Waals surface area contributed by atoms with Crippen molar-refractivity contribution in [1.82, 2.24) is 9.97 Å². The van der Waals surface area contributed by atoms with Crippen molar-refractivity contribution in [2.24, 2.45) is 0 Å². The zero-order valence-corrected chi connectivity index (χ0v) is 13.4. The van der Waals surface area contributed by atoms with Crippen LogP contribution in [0.25, 0.3) is 0 Å². The van der Waals surface area contributed by atoms with Crippen molar-refractivity contribution in [3.05, 3.63) is 34.0 Å². The molecule has 0 aliphatic heterocycles. The number of rotatable bonds is 7. The van der Waals surface area contributed by atoms with E-state index in [0.29, 0.717) is 0 Å². The number of aryl methyl sites for hydroxylation is 2. The van der Waals surface area contributed by atoms with E-state index < -0.39 is 0 Å². The van der Waals surface area contributed by atoms with Crippen molar-refractivity contribution >= 4 is 28.8 Å². The van der Waals surface area contributed by atoms with Crippen LogP contribution in [0.2, 0.25) is 0 Å². The Balaban J connectivity index is 2.00. The van der Waals surface area contributed by atoms with Crippen LogP contribution in [-0.4, -0.2) is 27.4 Å². The molecule has 0 saturated heterocycles. The summed E-state index contributed by atoms with van der Waals surface area (Å²) >= 11 is 3.47. The van der Waals surface area contributed by atoms with E-state index in [2.05, 4.69) is 15.3 Å². The van der Waals surface area contributed by atoms with Crippen LogP contribution in [0.4, 0.5) is 5.69 Å². The van der Waals surface area contributed by atoms with Crippen molar-refractivity contribution in [1.29, 1.82) is 0 Å². The van der Waals surface area contributed by atoms with Crippen LogP contribution in [0.15, 0.2) is 23.4 Å². The maximum Gasteiger partial charge on any atom is 0.0900 e. The molecule has 4 nitrogen and oxygen atoms in total. The molecule has 2 aromatic heterocycles. The SMILES string of the molecule is Cc1nc(C)c(CNc2cnccc2SCCCO)s1. The van der Waals surface area contributed by atoms with Gasteiger partial charge in [-0.1, -0.05) is 0 Å². The summed E-state index contributed by atoms with van der Waals surface area (Å²) in [4.78, 5) is 11.0. The molecule has 2 heterocycles. The van der Waals surface area contributed by atoms with Gasteiger partial charge in [0.2, 0.25) is 0 Å². The molecule has 0 saturated carbocycles. The summed E-state index contributed by atoms with van der Waals surface area (Å²) in [5.74, 6) is 0.911. The Labute approximate surface area is 127 Å². The summed E-state index contributed by atoms with van der Waals surface area (Å²) in [7, 11) is 0. The first-order chi connectivity index (χ1) is 9.70. The molecule has 20 heavy (non-hydrogen) atoms. The lowest BCUT2D eigenvalue weighted by Gasteiger charge is -2.10. The van der Waals surface area contributed by atoms with Crippen LogP contribution < -0.4 is 5.32 Å². The highest BCUT2D eigenvalue weighted by Crippen LogP contribution is 2.27. The van der Waals surface area contributed by atoms with Crippen LogP contribution in [0.3, 0.4) is 0 Å². The molecule has 2 aromatic rings. The zero-order valence-electron chi connectivity index (χ0n) is 11.7. The second-order valence-electron chi connectivity index (χ2n) is 4.39. The minimum atomic E-state index is 0.236. The topological polar surface area (TPSA) is 58.0 Å². The number of aliphatic hydroxyl groups is 1. The third-order valence-corrected chi connectivity index (χ3v) is 5.01. The van der Waals surface area contributed by atoms with E-state index in [9.17, 15) is 0 Å². The average molecular weight is 309 g/mol. The van der Waals surface area contributed by atoms with Gasteiger partial charge in [-0.25, -0.2) is 4.98 Å². The van der Waals surface area contributed by atoms with Gasteiger partial charge in [-0.2, -0.15) is 0 Å². The van der Waals surface area contributed by atoms with E-state index in [0.717, 1.165) is 35.1 Å². The monoisotopic (exact) mass is 309 g/mol. The second-order valence-corrected chi connectivity index (χ2v) is 6.82. The summed E-state index contributed by atoms with van der Waals surface area (Å²) < 4.78 is 0. The van der Waals surface area contributed by atoms with Gasteiger partial charge in [-0.15, -0.1) is 23.1 Å². The lowest BCUT2D eigenvalue weighted by Crippen LogP contribution is -2.01. The van der Waals surface area contributed by atoms with E-state index in [1.54, 1.807) is 29.3 Å². The Morgan fingerprint density at radius 1 is 1.40 bits per heavy atom. The standard InChI is InChI=1S/C14H19N3OS2/c1-10-14(20-11(2)17-10)9-16-12-8-15-5-4-13(12)19-7-3-6-18/h4-5,8,16,18H,3,6-7,9H2,1-2H3. The fraction of sp³-hybridized carbons (Fsp3) is 0.429. The van der Waals surface area contributed by atoms with Crippen LogP contribution in [0.1, 0.15) is 22.0 Å². The molecule has 6 heteroatoms. The first-order valence-electron chi connectivity index (χ1n) is 6.55. The number of hydrogen-bond acceptors (Lipinski definition) is 6. The largest absolute Gasteiger partial charge is 0.396 e. The molecule has 0 atom stereocenters. The maximum absolute atomic E-state index is 8.85. The molecule has 0 aliphatic carbocycles. The van der Waals surface area contributed by atoms with Crippen LogP contribution in [0.5, 0.6) is 0 Å². The molecule has 0 amide bonds. The molecule has 0 radical (unpaired) electrons. The van der Waals surface area contributed by atoms with Crippen molar-refractivity contribution < 1.29 is 5.11 Å². The van der Waals surface area contributed by atoms with Crippen molar-refractivity contribution in [3.63, 3.8) is 0 Å². The predicted molar refractivity (Wildman–Crippen MR) is 85.6 cm³/mol. The highest BCUT2D eigenvalue weighted by molar-refractivity contribution is 7.99. The Morgan fingerprint density at radius 2 is 2.25 bits per heavy atom. The minimum Gasteiger partial charge on any atom is -0.396 e. The first-order valence-corrected chi connectivity index (χ1v) is 8.35. The Bertz CT molecular complexity index is 557. The molecule has 0 unspecified atom stereocenters. The number of hydrogen-bond donors (Lipinski definition) is 2. The number of pyridine rings is 1.